The number of fused-ring (bicyclic) bond motifs is 1. The van der Waals surface area contributed by atoms with E-state index < -0.39 is 0 Å². The number of imidazole rings is 1. The van der Waals surface area contributed by atoms with Gasteiger partial charge in [0.2, 0.25) is 0 Å². The molecule has 3 rings (SSSR count). The normalized spacial score (nSPS) is 19.3. The molecule has 1 saturated heterocycles. The number of hydrogen-bond donors (Lipinski definition) is 1. The number of nitrogens with one attached hydrogen (secondary N) is 1. The summed E-state index contributed by atoms with van der Waals surface area (Å²) in [7, 11) is 0. The van der Waals surface area contributed by atoms with Crippen molar-refractivity contribution in [3.8, 4) is 0 Å². The fraction of sp³-hybridized carbons (Fsp3) is 0.533. The van der Waals surface area contributed by atoms with E-state index in [9.17, 15) is 0 Å². The second-order valence-corrected chi connectivity index (χ2v) is 6.18. The summed E-state index contributed by atoms with van der Waals surface area (Å²) in [6.07, 6.45) is 2.33. The van der Waals surface area contributed by atoms with E-state index in [1.807, 2.05) is 0 Å². The Morgan fingerprint density at radius 3 is 3.11 bits per heavy atom. The maximum absolute atomic E-state index is 4.77. The third-order valence-electron chi connectivity index (χ3n) is 3.76. The molecule has 0 amide bonds. The van der Waals surface area contributed by atoms with Gasteiger partial charge in [-0.1, -0.05) is 12.1 Å². The molecule has 0 radical (unpaired) electrons. The lowest BCUT2D eigenvalue weighted by molar-refractivity contribution is 0.548. The van der Waals surface area contributed by atoms with Crippen LogP contribution in [-0.2, 0) is 13.0 Å². The highest BCUT2D eigenvalue weighted by atomic mass is 32.2. The summed E-state index contributed by atoms with van der Waals surface area (Å²) in [5, 5.41) is 3.65. The van der Waals surface area contributed by atoms with Crippen LogP contribution in [0.3, 0.4) is 0 Å². The van der Waals surface area contributed by atoms with Crippen molar-refractivity contribution >= 4 is 22.8 Å². The summed E-state index contributed by atoms with van der Waals surface area (Å²) >= 11 is 2.06. The zero-order chi connectivity index (χ0) is 13.1. The first-order valence-corrected chi connectivity index (χ1v) is 8.29. The van der Waals surface area contributed by atoms with Crippen LogP contribution >= 0.6 is 11.8 Å². The Morgan fingerprint density at radius 1 is 1.42 bits per heavy atom. The maximum Gasteiger partial charge on any atom is 0.111 e. The molecule has 3 nitrogen and oxygen atoms in total. The molecule has 2 heterocycles. The monoisotopic (exact) mass is 275 g/mol. The standard InChI is InChI=1S/C15H21N3S/c1-2-18-14-6-4-3-5-13(14)17-15(18)7-9-16-12-8-10-19-11-12/h3-6,12,16H,2,7-11H2,1H3/t12-/m0/s1. The van der Waals surface area contributed by atoms with Gasteiger partial charge < -0.3 is 9.88 Å². The number of aryl methyl sites for hydroxylation is 1. The summed E-state index contributed by atoms with van der Waals surface area (Å²) in [5.74, 6) is 3.79. The van der Waals surface area contributed by atoms with Crippen molar-refractivity contribution in [2.45, 2.75) is 32.4 Å². The molecule has 2 aromatic rings. The van der Waals surface area contributed by atoms with E-state index in [1.54, 1.807) is 0 Å². The Kier molecular flexibility index (Phi) is 4.09. The second-order valence-electron chi connectivity index (χ2n) is 5.03. The molecule has 1 aromatic carbocycles. The lowest BCUT2D eigenvalue weighted by Gasteiger charge is -2.11. The highest BCUT2D eigenvalue weighted by molar-refractivity contribution is 7.99. The summed E-state index contributed by atoms with van der Waals surface area (Å²) in [6.45, 7) is 4.22. The van der Waals surface area contributed by atoms with Crippen molar-refractivity contribution in [2.75, 3.05) is 18.1 Å². The first kappa shape index (κ1) is 13.0. The van der Waals surface area contributed by atoms with Crippen LogP contribution in [0.25, 0.3) is 11.0 Å². The Bertz CT molecular complexity index is 543. The zero-order valence-corrected chi connectivity index (χ0v) is 12.2. The van der Waals surface area contributed by atoms with Crippen LogP contribution in [0.5, 0.6) is 0 Å². The van der Waals surface area contributed by atoms with Gasteiger partial charge >= 0.3 is 0 Å². The van der Waals surface area contributed by atoms with Crippen LogP contribution in [-0.4, -0.2) is 33.6 Å². The van der Waals surface area contributed by atoms with Gasteiger partial charge in [0.05, 0.1) is 11.0 Å². The fourth-order valence-electron chi connectivity index (χ4n) is 2.75. The Labute approximate surface area is 118 Å². The summed E-state index contributed by atoms with van der Waals surface area (Å²) in [5.41, 5.74) is 2.38. The van der Waals surface area contributed by atoms with Crippen LogP contribution in [0.1, 0.15) is 19.2 Å². The summed E-state index contributed by atoms with van der Waals surface area (Å²) in [6, 6.07) is 9.13. The number of rotatable bonds is 5. The molecular weight excluding hydrogens is 254 g/mol. The minimum Gasteiger partial charge on any atom is -0.328 e. The second kappa shape index (κ2) is 5.97. The highest BCUT2D eigenvalue weighted by Crippen LogP contribution is 2.18. The van der Waals surface area contributed by atoms with Crippen LogP contribution < -0.4 is 5.32 Å². The molecule has 0 bridgehead atoms. The van der Waals surface area contributed by atoms with Crippen molar-refractivity contribution in [2.24, 2.45) is 0 Å². The Hall–Kier alpha value is -1.00. The van der Waals surface area contributed by atoms with Gasteiger partial charge in [-0.2, -0.15) is 11.8 Å². The quantitative estimate of drug-likeness (QED) is 0.910. The van der Waals surface area contributed by atoms with Gasteiger partial charge in [-0.15, -0.1) is 0 Å². The van der Waals surface area contributed by atoms with Gasteiger partial charge in [-0.05, 0) is 31.2 Å². The predicted octanol–water partition coefficient (Wildman–Crippen LogP) is 2.69. The van der Waals surface area contributed by atoms with Crippen LogP contribution in [0.15, 0.2) is 24.3 Å². The third kappa shape index (κ3) is 2.79. The smallest absolute Gasteiger partial charge is 0.111 e. The van der Waals surface area contributed by atoms with Gasteiger partial charge in [-0.25, -0.2) is 4.98 Å². The minimum atomic E-state index is 0.712. The van der Waals surface area contributed by atoms with Crippen molar-refractivity contribution in [3.05, 3.63) is 30.1 Å². The van der Waals surface area contributed by atoms with E-state index in [0.717, 1.165) is 25.0 Å². The topological polar surface area (TPSA) is 29.9 Å². The van der Waals surface area contributed by atoms with E-state index in [-0.39, 0.29) is 0 Å². The van der Waals surface area contributed by atoms with Crippen molar-refractivity contribution in [1.82, 2.24) is 14.9 Å². The van der Waals surface area contributed by atoms with Crippen molar-refractivity contribution in [3.63, 3.8) is 0 Å². The van der Waals surface area contributed by atoms with Crippen LogP contribution in [0, 0.1) is 0 Å². The highest BCUT2D eigenvalue weighted by Gasteiger charge is 2.15. The van der Waals surface area contributed by atoms with E-state index in [2.05, 4.69) is 52.8 Å². The first-order valence-electron chi connectivity index (χ1n) is 7.13. The van der Waals surface area contributed by atoms with Crippen LogP contribution in [0.4, 0.5) is 0 Å². The number of para-hydroxylation sites is 2. The molecule has 1 atom stereocenters. The van der Waals surface area contributed by atoms with E-state index >= 15 is 0 Å². The molecular formula is C15H21N3S. The third-order valence-corrected chi connectivity index (χ3v) is 4.92. The molecule has 0 spiro atoms. The van der Waals surface area contributed by atoms with Crippen molar-refractivity contribution in [1.29, 1.82) is 0 Å². The zero-order valence-electron chi connectivity index (χ0n) is 11.4. The summed E-state index contributed by atoms with van der Waals surface area (Å²) < 4.78 is 2.33. The number of nitrogens with zero attached hydrogens (tertiary/aromatic N) is 2. The molecule has 0 unspecified atom stereocenters. The summed E-state index contributed by atoms with van der Waals surface area (Å²) in [4.78, 5) is 4.77. The lowest BCUT2D eigenvalue weighted by atomic mass is 10.2. The van der Waals surface area contributed by atoms with E-state index in [0.29, 0.717) is 6.04 Å². The SMILES string of the molecule is CCn1c(CCN[C@H]2CCSC2)nc2ccccc21. The number of benzene rings is 1. The maximum atomic E-state index is 4.77. The molecule has 19 heavy (non-hydrogen) atoms. The van der Waals surface area contributed by atoms with E-state index in [1.165, 1.54) is 29.3 Å². The predicted molar refractivity (Wildman–Crippen MR) is 82.8 cm³/mol. The van der Waals surface area contributed by atoms with Crippen LogP contribution in [0.2, 0.25) is 0 Å². The van der Waals surface area contributed by atoms with Gasteiger partial charge in [0.15, 0.2) is 0 Å². The first-order chi connectivity index (χ1) is 9.38. The molecule has 1 N–H and O–H groups in total. The Morgan fingerprint density at radius 2 is 2.32 bits per heavy atom. The molecule has 1 fully saturated rings. The molecule has 1 aromatic heterocycles. The lowest BCUT2D eigenvalue weighted by Crippen LogP contribution is -2.30. The molecule has 0 aliphatic carbocycles. The molecule has 0 saturated carbocycles. The molecule has 1 aliphatic heterocycles. The molecule has 1 aliphatic rings. The van der Waals surface area contributed by atoms with Gasteiger partial charge in [0.1, 0.15) is 5.82 Å². The largest absolute Gasteiger partial charge is 0.328 e. The van der Waals surface area contributed by atoms with Gasteiger partial charge in [-0.3, -0.25) is 0 Å². The Balaban J connectivity index is 1.69. The molecule has 102 valence electrons. The molecule has 4 heteroatoms. The van der Waals surface area contributed by atoms with Gasteiger partial charge in [0.25, 0.3) is 0 Å². The minimum absolute atomic E-state index is 0.712. The van der Waals surface area contributed by atoms with Gasteiger partial charge in [0, 0.05) is 31.3 Å². The average Bonchev–Trinajstić information content (AvgIpc) is 3.05. The average molecular weight is 275 g/mol. The number of aromatic nitrogens is 2. The number of hydrogen-bond acceptors (Lipinski definition) is 3. The number of thioether (sulfide) groups is 1. The van der Waals surface area contributed by atoms with Crippen molar-refractivity contribution < 1.29 is 0 Å². The van der Waals surface area contributed by atoms with E-state index in [4.69, 9.17) is 4.98 Å². The fourth-order valence-corrected chi connectivity index (χ4v) is 3.94.